The summed E-state index contributed by atoms with van der Waals surface area (Å²) in [6, 6.07) is 1.39. The fourth-order valence-electron chi connectivity index (χ4n) is 2.15. The zero-order valence-corrected chi connectivity index (χ0v) is 13.5. The molecule has 2 N–H and O–H groups in total. The van der Waals surface area contributed by atoms with Gasteiger partial charge in [-0.25, -0.2) is 4.79 Å². The van der Waals surface area contributed by atoms with E-state index in [4.69, 9.17) is 19.9 Å². The average molecular weight is 310 g/mol. The van der Waals surface area contributed by atoms with Gasteiger partial charge in [0.1, 0.15) is 6.61 Å². The van der Waals surface area contributed by atoms with Gasteiger partial charge in [0.15, 0.2) is 6.29 Å². The highest BCUT2D eigenvalue weighted by Crippen LogP contribution is 2.45. The number of nitrogens with zero attached hydrogens (tertiary/aromatic N) is 1. The number of carbonyl (C=O) groups is 1. The van der Waals surface area contributed by atoms with Crippen molar-refractivity contribution in [3.63, 3.8) is 0 Å². The minimum absolute atomic E-state index is 0.106. The van der Waals surface area contributed by atoms with Gasteiger partial charge < -0.3 is 24.5 Å². The Morgan fingerprint density at radius 1 is 1.32 bits per heavy atom. The van der Waals surface area contributed by atoms with E-state index in [-0.39, 0.29) is 12.2 Å². The molecule has 0 spiro atoms. The van der Waals surface area contributed by atoms with Gasteiger partial charge in [-0.2, -0.15) is 0 Å². The largest absolute Gasteiger partial charge is 0.445 e. The van der Waals surface area contributed by atoms with E-state index < -0.39 is 23.6 Å². The van der Waals surface area contributed by atoms with Crippen LogP contribution in [0.1, 0.15) is 45.1 Å². The Morgan fingerprint density at radius 2 is 1.86 bits per heavy atom. The maximum Gasteiger partial charge on any atom is 0.404 e. The van der Waals surface area contributed by atoms with E-state index in [2.05, 4.69) is 0 Å². The predicted octanol–water partition coefficient (Wildman–Crippen LogP) is 1.58. The van der Waals surface area contributed by atoms with Crippen LogP contribution in [0.5, 0.6) is 0 Å². The van der Waals surface area contributed by atoms with Crippen LogP contribution >= 0.6 is 0 Å². The van der Waals surface area contributed by atoms with Crippen LogP contribution in [-0.4, -0.2) is 21.9 Å². The Balaban J connectivity index is 2.40. The topological polar surface area (TPSA) is 92.8 Å². The number of amides is 1. The first-order valence-electron chi connectivity index (χ1n) is 7.01. The molecule has 2 heterocycles. The monoisotopic (exact) mass is 310 g/mol. The molecule has 0 aliphatic carbocycles. The fourth-order valence-corrected chi connectivity index (χ4v) is 2.15. The molecule has 0 saturated carbocycles. The van der Waals surface area contributed by atoms with Crippen molar-refractivity contribution in [1.82, 2.24) is 4.57 Å². The summed E-state index contributed by atoms with van der Waals surface area (Å²) in [5.74, 6) is 0. The summed E-state index contributed by atoms with van der Waals surface area (Å²) in [6.07, 6.45) is 0.0771. The first-order valence-corrected chi connectivity index (χ1v) is 7.01. The van der Waals surface area contributed by atoms with E-state index in [0.29, 0.717) is 11.1 Å². The lowest BCUT2D eigenvalue weighted by Crippen LogP contribution is -2.41. The highest BCUT2D eigenvalue weighted by molar-refractivity contribution is 5.64. The number of pyridine rings is 1. The molecule has 2 rings (SSSR count). The van der Waals surface area contributed by atoms with Gasteiger partial charge in [-0.05, 0) is 27.7 Å². The van der Waals surface area contributed by atoms with Crippen molar-refractivity contribution in [2.75, 3.05) is 0 Å². The molecule has 1 saturated heterocycles. The maximum absolute atomic E-state index is 11.8. The van der Waals surface area contributed by atoms with Gasteiger partial charge in [-0.15, -0.1) is 0 Å². The number of aryl methyl sites for hydroxylation is 1. The van der Waals surface area contributed by atoms with Gasteiger partial charge in [-0.3, -0.25) is 4.79 Å². The van der Waals surface area contributed by atoms with Crippen LogP contribution in [0.3, 0.4) is 0 Å². The van der Waals surface area contributed by atoms with Crippen LogP contribution in [0, 0.1) is 0 Å². The van der Waals surface area contributed by atoms with Gasteiger partial charge in [0, 0.05) is 30.4 Å². The van der Waals surface area contributed by atoms with Crippen molar-refractivity contribution in [3.05, 3.63) is 33.7 Å². The van der Waals surface area contributed by atoms with Crippen molar-refractivity contribution in [2.24, 2.45) is 12.8 Å². The third kappa shape index (κ3) is 3.00. The van der Waals surface area contributed by atoms with Gasteiger partial charge in [0.2, 0.25) is 0 Å². The van der Waals surface area contributed by atoms with Crippen molar-refractivity contribution in [1.29, 1.82) is 0 Å². The molecule has 7 heteroatoms. The molecule has 1 aliphatic heterocycles. The molecular formula is C15H22N2O5. The Hall–Kier alpha value is -1.86. The lowest BCUT2D eigenvalue weighted by molar-refractivity contribution is -0.0908. The zero-order valence-electron chi connectivity index (χ0n) is 13.5. The normalized spacial score (nSPS) is 20.0. The molecule has 1 aromatic heterocycles. The van der Waals surface area contributed by atoms with Crippen molar-refractivity contribution in [3.8, 4) is 0 Å². The van der Waals surface area contributed by atoms with Crippen molar-refractivity contribution >= 4 is 6.09 Å². The molecule has 0 aromatic carbocycles. The molecule has 1 aromatic rings. The van der Waals surface area contributed by atoms with E-state index in [1.807, 2.05) is 27.7 Å². The standard InChI is InChI=1S/C15H22N2O5/c1-14(2)15(3,4)22-12(21-14)10-7-17(5)11(18)6-9(10)8-20-13(16)19/h6-7,12H,8H2,1-5H3,(H2,16,19). The van der Waals surface area contributed by atoms with Crippen LogP contribution in [0.15, 0.2) is 17.1 Å². The molecule has 1 fully saturated rings. The van der Waals surface area contributed by atoms with E-state index in [1.165, 1.54) is 10.6 Å². The smallest absolute Gasteiger partial charge is 0.404 e. The van der Waals surface area contributed by atoms with E-state index >= 15 is 0 Å². The number of rotatable bonds is 3. The van der Waals surface area contributed by atoms with Gasteiger partial charge in [-0.1, -0.05) is 0 Å². The summed E-state index contributed by atoms with van der Waals surface area (Å²) in [7, 11) is 1.63. The van der Waals surface area contributed by atoms with Crippen LogP contribution in [-0.2, 0) is 27.9 Å². The molecule has 0 bridgehead atoms. The number of nitrogens with two attached hydrogens (primary N) is 1. The van der Waals surface area contributed by atoms with Crippen LogP contribution < -0.4 is 11.3 Å². The number of hydrogen-bond donors (Lipinski definition) is 1. The summed E-state index contributed by atoms with van der Waals surface area (Å²) < 4.78 is 18.2. The molecule has 7 nitrogen and oxygen atoms in total. The quantitative estimate of drug-likeness (QED) is 0.915. The first kappa shape index (κ1) is 16.5. The molecule has 122 valence electrons. The Kier molecular flexibility index (Phi) is 4.06. The first-order chi connectivity index (χ1) is 10.0. The lowest BCUT2D eigenvalue weighted by Gasteiger charge is -2.30. The lowest BCUT2D eigenvalue weighted by atomic mass is 9.90. The number of aromatic nitrogens is 1. The molecule has 0 atom stereocenters. The summed E-state index contributed by atoms with van der Waals surface area (Å²) in [5.41, 5.74) is 4.92. The second-order valence-corrected chi connectivity index (χ2v) is 6.40. The van der Waals surface area contributed by atoms with Crippen LogP contribution in [0.2, 0.25) is 0 Å². The third-order valence-corrected chi connectivity index (χ3v) is 4.23. The third-order valence-electron chi connectivity index (χ3n) is 4.23. The Labute approximate surface area is 129 Å². The Morgan fingerprint density at radius 3 is 2.36 bits per heavy atom. The van der Waals surface area contributed by atoms with E-state index in [9.17, 15) is 9.59 Å². The van der Waals surface area contributed by atoms with E-state index in [0.717, 1.165) is 0 Å². The summed E-state index contributed by atoms with van der Waals surface area (Å²) >= 11 is 0. The van der Waals surface area contributed by atoms with Gasteiger partial charge in [0.05, 0.1) is 11.2 Å². The van der Waals surface area contributed by atoms with Crippen molar-refractivity contribution in [2.45, 2.75) is 51.8 Å². The molecule has 22 heavy (non-hydrogen) atoms. The van der Waals surface area contributed by atoms with Crippen LogP contribution in [0.4, 0.5) is 4.79 Å². The SMILES string of the molecule is Cn1cc(C2OC(C)(C)C(C)(C)O2)c(COC(N)=O)cc1=O. The molecule has 1 amide bonds. The van der Waals surface area contributed by atoms with E-state index in [1.54, 1.807) is 13.2 Å². The summed E-state index contributed by atoms with van der Waals surface area (Å²) in [5, 5.41) is 0. The van der Waals surface area contributed by atoms with Gasteiger partial charge in [0.25, 0.3) is 5.56 Å². The zero-order chi connectivity index (χ0) is 16.7. The average Bonchev–Trinajstić information content (AvgIpc) is 2.59. The number of hydrogen-bond acceptors (Lipinski definition) is 5. The minimum atomic E-state index is -0.902. The van der Waals surface area contributed by atoms with Crippen LogP contribution in [0.25, 0.3) is 0 Å². The predicted molar refractivity (Wildman–Crippen MR) is 79.1 cm³/mol. The number of ether oxygens (including phenoxy) is 3. The Bertz CT molecular complexity index is 632. The second kappa shape index (κ2) is 5.40. The summed E-state index contributed by atoms with van der Waals surface area (Å²) in [6.45, 7) is 7.65. The minimum Gasteiger partial charge on any atom is -0.445 e. The molecule has 0 radical (unpaired) electrons. The second-order valence-electron chi connectivity index (χ2n) is 6.40. The number of carbonyl (C=O) groups excluding carboxylic acids is 1. The highest BCUT2D eigenvalue weighted by atomic mass is 16.7. The highest BCUT2D eigenvalue weighted by Gasteiger charge is 2.50. The van der Waals surface area contributed by atoms with Crippen molar-refractivity contribution < 1.29 is 19.0 Å². The number of primary amides is 1. The van der Waals surface area contributed by atoms with Gasteiger partial charge >= 0.3 is 6.09 Å². The molecule has 0 unspecified atom stereocenters. The molecular weight excluding hydrogens is 288 g/mol. The molecule has 1 aliphatic rings. The fraction of sp³-hybridized carbons (Fsp3) is 0.600. The summed E-state index contributed by atoms with van der Waals surface area (Å²) in [4.78, 5) is 22.6. The maximum atomic E-state index is 11.8.